The van der Waals surface area contributed by atoms with Gasteiger partial charge in [0.25, 0.3) is 5.91 Å². The number of ketones is 1. The first-order chi connectivity index (χ1) is 13.8. The predicted octanol–water partition coefficient (Wildman–Crippen LogP) is 5.71. The van der Waals surface area contributed by atoms with E-state index in [1.165, 1.54) is 12.5 Å². The molecule has 0 atom stereocenters. The Morgan fingerprint density at radius 1 is 0.966 bits per heavy atom. The van der Waals surface area contributed by atoms with Gasteiger partial charge in [0.2, 0.25) is 0 Å². The van der Waals surface area contributed by atoms with Gasteiger partial charge < -0.3 is 10.6 Å². The lowest BCUT2D eigenvalue weighted by Gasteiger charge is -2.17. The van der Waals surface area contributed by atoms with E-state index in [9.17, 15) is 9.59 Å². The summed E-state index contributed by atoms with van der Waals surface area (Å²) in [7, 11) is 0. The van der Waals surface area contributed by atoms with Gasteiger partial charge in [-0.1, -0.05) is 32.0 Å². The number of hydrogen-bond acceptors (Lipinski definition) is 4. The number of aryl methyl sites for hydroxylation is 1. The normalized spacial score (nSPS) is 10.7. The number of nitrogens with one attached hydrogen (secondary N) is 2. The van der Waals surface area contributed by atoms with Crippen molar-refractivity contribution >= 4 is 28.8 Å². The second-order valence-corrected chi connectivity index (χ2v) is 7.34. The van der Waals surface area contributed by atoms with Crippen molar-refractivity contribution in [2.45, 2.75) is 33.6 Å². The number of aromatic nitrogens is 1. The highest BCUT2D eigenvalue weighted by atomic mass is 16.2. The number of pyridine rings is 1. The SMILES string of the molecule is CC(=O)c1ccc(NC(=O)c2cc(Nc3c(C)cccc3C(C)C)ccn2)cc1. The molecule has 0 aliphatic carbocycles. The van der Waals surface area contributed by atoms with E-state index in [2.05, 4.69) is 54.6 Å². The van der Waals surface area contributed by atoms with Crippen molar-refractivity contribution in [3.8, 4) is 0 Å². The average molecular weight is 387 g/mol. The summed E-state index contributed by atoms with van der Waals surface area (Å²) in [5.41, 5.74) is 5.74. The molecule has 5 nitrogen and oxygen atoms in total. The highest BCUT2D eigenvalue weighted by molar-refractivity contribution is 6.03. The average Bonchev–Trinajstić information content (AvgIpc) is 2.70. The quantitative estimate of drug-likeness (QED) is 0.531. The topological polar surface area (TPSA) is 71.1 Å². The summed E-state index contributed by atoms with van der Waals surface area (Å²) in [4.78, 5) is 28.2. The molecular formula is C24H25N3O2. The molecule has 0 unspecified atom stereocenters. The van der Waals surface area contributed by atoms with E-state index < -0.39 is 0 Å². The molecule has 3 aromatic rings. The first-order valence-electron chi connectivity index (χ1n) is 9.60. The van der Waals surface area contributed by atoms with Crippen LogP contribution in [0, 0.1) is 6.92 Å². The van der Waals surface area contributed by atoms with Crippen LogP contribution in [0.25, 0.3) is 0 Å². The van der Waals surface area contributed by atoms with E-state index in [4.69, 9.17) is 0 Å². The molecule has 0 radical (unpaired) electrons. The molecular weight excluding hydrogens is 362 g/mol. The van der Waals surface area contributed by atoms with Crippen molar-refractivity contribution in [3.05, 3.63) is 83.2 Å². The Kier molecular flexibility index (Phi) is 6.07. The maximum absolute atomic E-state index is 12.6. The standard InChI is InChI=1S/C24H25N3O2/c1-15(2)21-7-5-6-16(3)23(21)26-20-12-13-25-22(14-20)24(29)27-19-10-8-18(9-11-19)17(4)28/h5-15H,1-4H3,(H,25,26)(H,27,29). The first kappa shape index (κ1) is 20.3. The third-order valence-corrected chi connectivity index (χ3v) is 4.74. The summed E-state index contributed by atoms with van der Waals surface area (Å²) in [5, 5.41) is 6.26. The monoisotopic (exact) mass is 387 g/mol. The lowest BCUT2D eigenvalue weighted by molar-refractivity contribution is 0.101. The van der Waals surface area contributed by atoms with Crippen LogP contribution in [0.1, 0.15) is 58.7 Å². The number of carbonyl (C=O) groups excluding carboxylic acids is 2. The fourth-order valence-corrected chi connectivity index (χ4v) is 3.10. The van der Waals surface area contributed by atoms with E-state index in [1.54, 1.807) is 36.5 Å². The van der Waals surface area contributed by atoms with Crippen molar-refractivity contribution in [1.82, 2.24) is 4.98 Å². The molecule has 0 aliphatic heterocycles. The molecule has 5 heteroatoms. The van der Waals surface area contributed by atoms with Gasteiger partial charge >= 0.3 is 0 Å². The van der Waals surface area contributed by atoms with Gasteiger partial charge in [0.1, 0.15) is 5.69 Å². The van der Waals surface area contributed by atoms with Crippen LogP contribution in [-0.2, 0) is 0 Å². The number of rotatable bonds is 6. The summed E-state index contributed by atoms with van der Waals surface area (Å²) >= 11 is 0. The van der Waals surface area contributed by atoms with Crippen molar-refractivity contribution in [2.75, 3.05) is 10.6 Å². The Morgan fingerprint density at radius 3 is 2.34 bits per heavy atom. The fourth-order valence-electron chi connectivity index (χ4n) is 3.10. The highest BCUT2D eigenvalue weighted by Crippen LogP contribution is 2.30. The molecule has 0 saturated carbocycles. The second kappa shape index (κ2) is 8.69. The molecule has 148 valence electrons. The molecule has 3 rings (SSSR count). The minimum atomic E-state index is -0.307. The van der Waals surface area contributed by atoms with E-state index in [1.807, 2.05) is 6.07 Å². The van der Waals surface area contributed by atoms with Crippen LogP contribution in [0.5, 0.6) is 0 Å². The number of nitrogens with zero attached hydrogens (tertiary/aromatic N) is 1. The zero-order valence-electron chi connectivity index (χ0n) is 17.1. The number of hydrogen-bond donors (Lipinski definition) is 2. The Morgan fingerprint density at radius 2 is 1.69 bits per heavy atom. The molecule has 0 spiro atoms. The molecule has 1 amide bonds. The molecule has 2 aromatic carbocycles. The summed E-state index contributed by atoms with van der Waals surface area (Å²) in [5.74, 6) is 0.0540. The van der Waals surface area contributed by atoms with Crippen LogP contribution in [0.3, 0.4) is 0 Å². The largest absolute Gasteiger partial charge is 0.355 e. The van der Waals surface area contributed by atoms with Crippen LogP contribution in [0.15, 0.2) is 60.8 Å². The molecule has 0 bridgehead atoms. The number of para-hydroxylation sites is 1. The highest BCUT2D eigenvalue weighted by Gasteiger charge is 2.12. The molecule has 1 heterocycles. The van der Waals surface area contributed by atoms with Gasteiger partial charge in [-0.05, 0) is 67.3 Å². The number of carbonyl (C=O) groups is 2. The van der Waals surface area contributed by atoms with Crippen LogP contribution < -0.4 is 10.6 Å². The minimum absolute atomic E-state index is 0.0136. The Balaban J connectivity index is 1.79. The van der Waals surface area contributed by atoms with Gasteiger partial charge in [0.15, 0.2) is 5.78 Å². The second-order valence-electron chi connectivity index (χ2n) is 7.34. The van der Waals surface area contributed by atoms with Gasteiger partial charge in [-0.15, -0.1) is 0 Å². The molecule has 1 aromatic heterocycles. The van der Waals surface area contributed by atoms with Crippen molar-refractivity contribution in [3.63, 3.8) is 0 Å². The van der Waals surface area contributed by atoms with Gasteiger partial charge in [-0.2, -0.15) is 0 Å². The zero-order valence-corrected chi connectivity index (χ0v) is 17.1. The van der Waals surface area contributed by atoms with Gasteiger partial charge in [0.05, 0.1) is 0 Å². The van der Waals surface area contributed by atoms with Crippen molar-refractivity contribution in [2.24, 2.45) is 0 Å². The number of Topliss-reactive ketones (excluding diaryl/α,β-unsaturated/α-hetero) is 1. The minimum Gasteiger partial charge on any atom is -0.355 e. The van der Waals surface area contributed by atoms with Crippen molar-refractivity contribution < 1.29 is 9.59 Å². The molecule has 0 aliphatic rings. The third kappa shape index (κ3) is 4.88. The van der Waals surface area contributed by atoms with E-state index in [0.29, 0.717) is 22.9 Å². The number of amides is 1. The fraction of sp³-hybridized carbons (Fsp3) is 0.208. The molecule has 29 heavy (non-hydrogen) atoms. The van der Waals surface area contributed by atoms with Crippen LogP contribution in [0.4, 0.5) is 17.1 Å². The molecule has 0 fully saturated rings. The van der Waals surface area contributed by atoms with Crippen molar-refractivity contribution in [1.29, 1.82) is 0 Å². The Hall–Kier alpha value is -3.47. The van der Waals surface area contributed by atoms with Gasteiger partial charge in [-0.3, -0.25) is 14.6 Å². The maximum atomic E-state index is 12.6. The Bertz CT molecular complexity index is 1040. The van der Waals surface area contributed by atoms with Gasteiger partial charge in [0, 0.05) is 28.8 Å². The summed E-state index contributed by atoms with van der Waals surface area (Å²) in [6.45, 7) is 7.88. The van der Waals surface area contributed by atoms with Gasteiger partial charge in [-0.25, -0.2) is 0 Å². The third-order valence-electron chi connectivity index (χ3n) is 4.74. The lowest BCUT2D eigenvalue weighted by atomic mass is 9.98. The Labute approximate surface area is 171 Å². The predicted molar refractivity (Wildman–Crippen MR) is 117 cm³/mol. The maximum Gasteiger partial charge on any atom is 0.274 e. The van der Waals surface area contributed by atoms with Crippen LogP contribution in [0.2, 0.25) is 0 Å². The summed E-state index contributed by atoms with van der Waals surface area (Å²) in [6, 6.07) is 16.6. The number of anilines is 3. The molecule has 2 N–H and O–H groups in total. The van der Waals surface area contributed by atoms with E-state index >= 15 is 0 Å². The van der Waals surface area contributed by atoms with E-state index in [0.717, 1.165) is 16.9 Å². The summed E-state index contributed by atoms with van der Waals surface area (Å²) in [6.07, 6.45) is 1.61. The zero-order chi connectivity index (χ0) is 21.0. The molecule has 0 saturated heterocycles. The number of benzene rings is 2. The van der Waals surface area contributed by atoms with Crippen LogP contribution in [-0.4, -0.2) is 16.7 Å². The van der Waals surface area contributed by atoms with Crippen LogP contribution >= 0.6 is 0 Å². The first-order valence-corrected chi connectivity index (χ1v) is 9.60. The van der Waals surface area contributed by atoms with E-state index in [-0.39, 0.29) is 11.7 Å². The lowest BCUT2D eigenvalue weighted by Crippen LogP contribution is -2.14. The summed E-state index contributed by atoms with van der Waals surface area (Å²) < 4.78 is 0. The smallest absolute Gasteiger partial charge is 0.274 e.